The van der Waals surface area contributed by atoms with Gasteiger partial charge in [0.15, 0.2) is 0 Å². The zero-order chi connectivity index (χ0) is 15.9. The van der Waals surface area contributed by atoms with E-state index in [9.17, 15) is 9.59 Å². The Labute approximate surface area is 135 Å². The molecule has 5 nitrogen and oxygen atoms in total. The van der Waals surface area contributed by atoms with Crippen molar-refractivity contribution in [2.45, 2.75) is 38.0 Å². The molecule has 1 fully saturated rings. The first-order chi connectivity index (χ1) is 10.6. The summed E-state index contributed by atoms with van der Waals surface area (Å²) in [5.74, 6) is 0.107. The van der Waals surface area contributed by atoms with Crippen LogP contribution in [0.25, 0.3) is 0 Å². The van der Waals surface area contributed by atoms with Crippen molar-refractivity contribution in [2.75, 3.05) is 13.1 Å². The van der Waals surface area contributed by atoms with Crippen LogP contribution in [-0.4, -0.2) is 35.0 Å². The van der Waals surface area contributed by atoms with Gasteiger partial charge < -0.3 is 4.90 Å². The molecule has 1 aromatic carbocycles. The smallest absolute Gasteiger partial charge is 0.243 e. The zero-order valence-corrected chi connectivity index (χ0v) is 13.2. The van der Waals surface area contributed by atoms with Crippen LogP contribution < -0.4 is 5.48 Å². The molecule has 2 rings (SSSR count). The van der Waals surface area contributed by atoms with Gasteiger partial charge in [0.1, 0.15) is 0 Å². The fourth-order valence-electron chi connectivity index (χ4n) is 2.81. The monoisotopic (exact) mass is 324 g/mol. The summed E-state index contributed by atoms with van der Waals surface area (Å²) >= 11 is 5.90. The Morgan fingerprint density at radius 2 is 1.82 bits per heavy atom. The highest BCUT2D eigenvalue weighted by Gasteiger charge is 2.23. The van der Waals surface area contributed by atoms with E-state index in [-0.39, 0.29) is 12.3 Å². The fourth-order valence-corrected chi connectivity index (χ4v) is 2.94. The molecule has 0 saturated carbocycles. The minimum absolute atomic E-state index is 0.0836. The maximum absolute atomic E-state index is 12.1. The molecule has 0 aromatic heterocycles. The van der Waals surface area contributed by atoms with E-state index >= 15 is 0 Å². The molecule has 2 amide bonds. The summed E-state index contributed by atoms with van der Waals surface area (Å²) in [7, 11) is 0. The summed E-state index contributed by atoms with van der Waals surface area (Å²) < 4.78 is 0. The molecule has 0 unspecified atom stereocenters. The standard InChI is InChI=1S/C16H21ClN2O3/c17-14-6-4-12(5-7-14)13-8-10-19(11-9-13)16(21)3-1-2-15(20)18-22/h4-7,13,22H,1-3,8-11H2,(H,18,20). The Bertz CT molecular complexity index is 511. The molecule has 22 heavy (non-hydrogen) atoms. The van der Waals surface area contributed by atoms with Crippen LogP contribution in [0.15, 0.2) is 24.3 Å². The number of amides is 2. The highest BCUT2D eigenvalue weighted by atomic mass is 35.5. The number of hydrogen-bond acceptors (Lipinski definition) is 3. The first kappa shape index (κ1) is 16.8. The van der Waals surface area contributed by atoms with E-state index in [1.807, 2.05) is 17.0 Å². The Balaban J connectivity index is 1.75. The molecule has 1 aliphatic heterocycles. The summed E-state index contributed by atoms with van der Waals surface area (Å²) in [4.78, 5) is 24.8. The lowest BCUT2D eigenvalue weighted by Crippen LogP contribution is -2.37. The highest BCUT2D eigenvalue weighted by molar-refractivity contribution is 6.30. The SMILES string of the molecule is O=C(CCCC(=O)N1CCC(c2ccc(Cl)cc2)CC1)NO. The average molecular weight is 325 g/mol. The largest absolute Gasteiger partial charge is 0.343 e. The molecule has 2 N–H and O–H groups in total. The second kappa shape index (κ2) is 8.15. The van der Waals surface area contributed by atoms with Gasteiger partial charge in [0.25, 0.3) is 0 Å². The molecule has 0 spiro atoms. The minimum Gasteiger partial charge on any atom is -0.343 e. The number of halogens is 1. The lowest BCUT2D eigenvalue weighted by atomic mass is 9.89. The Hall–Kier alpha value is -1.59. The lowest BCUT2D eigenvalue weighted by molar-refractivity contribution is -0.133. The van der Waals surface area contributed by atoms with E-state index in [2.05, 4.69) is 12.1 Å². The van der Waals surface area contributed by atoms with Gasteiger partial charge in [0.05, 0.1) is 0 Å². The number of hydrogen-bond donors (Lipinski definition) is 2. The fraction of sp³-hybridized carbons (Fsp3) is 0.500. The number of rotatable bonds is 5. The van der Waals surface area contributed by atoms with Crippen LogP contribution in [0.3, 0.4) is 0 Å². The molecule has 6 heteroatoms. The number of benzene rings is 1. The molecule has 0 bridgehead atoms. The first-order valence-electron chi connectivity index (χ1n) is 7.56. The third-order valence-corrected chi connectivity index (χ3v) is 4.36. The quantitative estimate of drug-likeness (QED) is 0.646. The lowest BCUT2D eigenvalue weighted by Gasteiger charge is -2.32. The molecule has 1 aliphatic rings. The van der Waals surface area contributed by atoms with E-state index in [0.717, 1.165) is 31.0 Å². The van der Waals surface area contributed by atoms with E-state index in [1.165, 1.54) is 5.56 Å². The molecule has 1 saturated heterocycles. The molecule has 0 radical (unpaired) electrons. The minimum atomic E-state index is -0.450. The van der Waals surface area contributed by atoms with Crippen LogP contribution in [-0.2, 0) is 9.59 Å². The third kappa shape index (κ3) is 4.71. The van der Waals surface area contributed by atoms with E-state index < -0.39 is 5.91 Å². The second-order valence-electron chi connectivity index (χ2n) is 5.60. The maximum atomic E-state index is 12.1. The van der Waals surface area contributed by atoms with Gasteiger partial charge in [0.2, 0.25) is 11.8 Å². The predicted molar refractivity (Wildman–Crippen MR) is 83.8 cm³/mol. The first-order valence-corrected chi connectivity index (χ1v) is 7.94. The van der Waals surface area contributed by atoms with Crippen molar-refractivity contribution in [1.82, 2.24) is 10.4 Å². The number of carbonyl (C=O) groups excluding carboxylic acids is 2. The van der Waals surface area contributed by atoms with Gasteiger partial charge in [-0.2, -0.15) is 0 Å². The van der Waals surface area contributed by atoms with Crippen LogP contribution in [0.5, 0.6) is 0 Å². The number of likely N-dealkylation sites (tertiary alicyclic amines) is 1. The summed E-state index contributed by atoms with van der Waals surface area (Å²) in [6.45, 7) is 1.50. The Morgan fingerprint density at radius 1 is 1.18 bits per heavy atom. The Kier molecular flexibility index (Phi) is 6.21. The molecule has 0 aliphatic carbocycles. The topological polar surface area (TPSA) is 69.6 Å². The summed E-state index contributed by atoms with van der Waals surface area (Å²) in [6, 6.07) is 7.91. The van der Waals surface area contributed by atoms with Crippen molar-refractivity contribution in [2.24, 2.45) is 0 Å². The number of nitrogens with one attached hydrogen (secondary N) is 1. The summed E-state index contributed by atoms with van der Waals surface area (Å²) in [6.07, 6.45) is 2.87. The van der Waals surface area contributed by atoms with E-state index in [1.54, 1.807) is 5.48 Å². The van der Waals surface area contributed by atoms with Crippen molar-refractivity contribution in [3.05, 3.63) is 34.9 Å². The molecule has 120 valence electrons. The van der Waals surface area contributed by atoms with E-state index in [0.29, 0.717) is 18.8 Å². The molecule has 1 aromatic rings. The van der Waals surface area contributed by atoms with Crippen LogP contribution >= 0.6 is 11.6 Å². The molecule has 0 atom stereocenters. The molecular weight excluding hydrogens is 304 g/mol. The highest BCUT2D eigenvalue weighted by Crippen LogP contribution is 2.29. The Morgan fingerprint density at radius 3 is 2.41 bits per heavy atom. The van der Waals surface area contributed by atoms with Crippen LogP contribution in [0.2, 0.25) is 5.02 Å². The number of nitrogens with zero attached hydrogens (tertiary/aromatic N) is 1. The average Bonchev–Trinajstić information content (AvgIpc) is 2.55. The van der Waals surface area contributed by atoms with Gasteiger partial charge in [-0.15, -0.1) is 0 Å². The molecule has 1 heterocycles. The number of piperidine rings is 1. The van der Waals surface area contributed by atoms with Crippen LogP contribution in [0.1, 0.15) is 43.6 Å². The van der Waals surface area contributed by atoms with Crippen LogP contribution in [0.4, 0.5) is 0 Å². The second-order valence-corrected chi connectivity index (χ2v) is 6.03. The van der Waals surface area contributed by atoms with E-state index in [4.69, 9.17) is 16.8 Å². The third-order valence-electron chi connectivity index (χ3n) is 4.11. The summed E-state index contributed by atoms with van der Waals surface area (Å²) in [5, 5.41) is 9.14. The number of carbonyl (C=O) groups is 2. The number of hydroxylamine groups is 1. The van der Waals surface area contributed by atoms with Crippen molar-refractivity contribution in [3.8, 4) is 0 Å². The summed E-state index contributed by atoms with van der Waals surface area (Å²) in [5.41, 5.74) is 2.85. The van der Waals surface area contributed by atoms with Gasteiger partial charge in [-0.1, -0.05) is 23.7 Å². The van der Waals surface area contributed by atoms with Crippen molar-refractivity contribution in [1.29, 1.82) is 0 Å². The van der Waals surface area contributed by atoms with Gasteiger partial charge in [-0.25, -0.2) is 5.48 Å². The zero-order valence-electron chi connectivity index (χ0n) is 12.4. The normalized spacial score (nSPS) is 15.6. The maximum Gasteiger partial charge on any atom is 0.243 e. The van der Waals surface area contributed by atoms with Gasteiger partial charge in [-0.05, 0) is 42.9 Å². The predicted octanol–water partition coefficient (Wildman–Crippen LogP) is 2.72. The molecular formula is C16H21ClN2O3. The van der Waals surface area contributed by atoms with Crippen LogP contribution in [0, 0.1) is 0 Å². The van der Waals surface area contributed by atoms with Gasteiger partial charge in [-0.3, -0.25) is 14.8 Å². The van der Waals surface area contributed by atoms with Crippen molar-refractivity contribution in [3.63, 3.8) is 0 Å². The van der Waals surface area contributed by atoms with Gasteiger partial charge in [0, 0.05) is 31.0 Å². The van der Waals surface area contributed by atoms with Crippen molar-refractivity contribution < 1.29 is 14.8 Å². The van der Waals surface area contributed by atoms with Gasteiger partial charge >= 0.3 is 0 Å². The van der Waals surface area contributed by atoms with Crippen molar-refractivity contribution >= 4 is 23.4 Å².